The molecular formula is C12H23NO. The van der Waals surface area contributed by atoms with Crippen molar-refractivity contribution >= 4 is 0 Å². The van der Waals surface area contributed by atoms with Gasteiger partial charge in [-0.25, -0.2) is 0 Å². The molecule has 2 nitrogen and oxygen atoms in total. The summed E-state index contributed by atoms with van der Waals surface area (Å²) in [5.74, 6) is 0.720. The summed E-state index contributed by atoms with van der Waals surface area (Å²) in [5.41, 5.74) is 0.107. The molecule has 14 heavy (non-hydrogen) atoms. The van der Waals surface area contributed by atoms with E-state index in [9.17, 15) is 0 Å². The number of rotatable bonds is 1. The van der Waals surface area contributed by atoms with Gasteiger partial charge in [-0.2, -0.15) is 0 Å². The summed E-state index contributed by atoms with van der Waals surface area (Å²) < 4.78 is 5.98. The van der Waals surface area contributed by atoms with Crippen molar-refractivity contribution in [1.82, 2.24) is 5.32 Å². The van der Waals surface area contributed by atoms with Crippen LogP contribution in [0.5, 0.6) is 0 Å². The molecule has 2 heteroatoms. The van der Waals surface area contributed by atoms with Crippen molar-refractivity contribution < 1.29 is 4.74 Å². The molecule has 82 valence electrons. The Kier molecular flexibility index (Phi) is 2.61. The van der Waals surface area contributed by atoms with Gasteiger partial charge in [0, 0.05) is 11.5 Å². The first kappa shape index (κ1) is 10.4. The van der Waals surface area contributed by atoms with E-state index in [1.807, 2.05) is 0 Å². The predicted molar refractivity (Wildman–Crippen MR) is 58.1 cm³/mol. The van der Waals surface area contributed by atoms with Crippen LogP contribution in [0.3, 0.4) is 0 Å². The minimum atomic E-state index is -0.0517. The monoisotopic (exact) mass is 197 g/mol. The lowest BCUT2D eigenvalue weighted by Gasteiger charge is -2.37. The van der Waals surface area contributed by atoms with Gasteiger partial charge in [-0.05, 0) is 33.6 Å². The van der Waals surface area contributed by atoms with E-state index in [-0.39, 0.29) is 11.3 Å². The first-order valence-electron chi connectivity index (χ1n) is 5.95. The van der Waals surface area contributed by atoms with Gasteiger partial charge in [-0.3, -0.25) is 5.32 Å². The Morgan fingerprint density at radius 3 is 2.21 bits per heavy atom. The second-order valence-corrected chi connectivity index (χ2v) is 5.74. The van der Waals surface area contributed by atoms with E-state index in [0.29, 0.717) is 0 Å². The van der Waals surface area contributed by atoms with Crippen molar-refractivity contribution in [3.8, 4) is 0 Å². The molecule has 0 aromatic heterocycles. The molecule has 2 aliphatic rings. The Morgan fingerprint density at radius 1 is 1.07 bits per heavy atom. The zero-order valence-corrected chi connectivity index (χ0v) is 9.73. The fourth-order valence-corrected chi connectivity index (χ4v) is 2.95. The minimum absolute atomic E-state index is 0.0517. The van der Waals surface area contributed by atoms with E-state index in [0.717, 1.165) is 12.5 Å². The third kappa shape index (κ3) is 1.96. The predicted octanol–water partition coefficient (Wildman–Crippen LogP) is 2.68. The first-order valence-corrected chi connectivity index (χ1v) is 5.95. The lowest BCUT2D eigenvalue weighted by molar-refractivity contribution is -0.0545. The van der Waals surface area contributed by atoms with Crippen molar-refractivity contribution in [2.75, 3.05) is 6.61 Å². The normalized spacial score (nSPS) is 38.8. The highest BCUT2D eigenvalue weighted by Crippen LogP contribution is 2.37. The SMILES string of the molecule is CC1(C)COC(C)(C2CCCCC2)N1. The largest absolute Gasteiger partial charge is 0.359 e. The molecule has 1 atom stereocenters. The van der Waals surface area contributed by atoms with Gasteiger partial charge in [0.1, 0.15) is 5.72 Å². The Hall–Kier alpha value is -0.0800. The summed E-state index contributed by atoms with van der Waals surface area (Å²) >= 11 is 0. The van der Waals surface area contributed by atoms with Gasteiger partial charge in [0.15, 0.2) is 0 Å². The van der Waals surface area contributed by atoms with Gasteiger partial charge < -0.3 is 4.74 Å². The van der Waals surface area contributed by atoms with E-state index in [1.54, 1.807) is 0 Å². The smallest absolute Gasteiger partial charge is 0.119 e. The summed E-state index contributed by atoms with van der Waals surface area (Å²) in [6, 6.07) is 0. The van der Waals surface area contributed by atoms with Gasteiger partial charge in [0.2, 0.25) is 0 Å². The van der Waals surface area contributed by atoms with Crippen molar-refractivity contribution in [1.29, 1.82) is 0 Å². The molecule has 1 N–H and O–H groups in total. The van der Waals surface area contributed by atoms with Crippen LogP contribution in [0.25, 0.3) is 0 Å². The number of hydrogen-bond acceptors (Lipinski definition) is 2. The summed E-state index contributed by atoms with van der Waals surface area (Å²) in [7, 11) is 0. The molecular weight excluding hydrogens is 174 g/mol. The molecule has 1 unspecified atom stereocenters. The topological polar surface area (TPSA) is 21.3 Å². The average molecular weight is 197 g/mol. The van der Waals surface area contributed by atoms with E-state index in [1.165, 1.54) is 32.1 Å². The fraction of sp³-hybridized carbons (Fsp3) is 1.00. The van der Waals surface area contributed by atoms with Crippen LogP contribution in [0.15, 0.2) is 0 Å². The van der Waals surface area contributed by atoms with Crippen molar-refractivity contribution in [2.45, 2.75) is 64.1 Å². The van der Waals surface area contributed by atoms with Crippen LogP contribution in [0, 0.1) is 5.92 Å². The second kappa shape index (κ2) is 3.49. The Labute approximate surface area is 87.4 Å². The van der Waals surface area contributed by atoms with E-state index in [4.69, 9.17) is 4.74 Å². The van der Waals surface area contributed by atoms with Crippen LogP contribution < -0.4 is 5.32 Å². The molecule has 2 rings (SSSR count). The maximum absolute atomic E-state index is 5.98. The Bertz CT molecular complexity index is 208. The molecule has 0 amide bonds. The maximum Gasteiger partial charge on any atom is 0.119 e. The molecule has 1 aliphatic carbocycles. The quantitative estimate of drug-likeness (QED) is 0.698. The third-order valence-electron chi connectivity index (χ3n) is 3.70. The van der Waals surface area contributed by atoms with Gasteiger partial charge in [-0.15, -0.1) is 0 Å². The molecule has 0 radical (unpaired) electrons. The van der Waals surface area contributed by atoms with Gasteiger partial charge >= 0.3 is 0 Å². The molecule has 1 heterocycles. The molecule has 1 saturated heterocycles. The first-order chi connectivity index (χ1) is 6.52. The van der Waals surface area contributed by atoms with E-state index < -0.39 is 0 Å². The second-order valence-electron chi connectivity index (χ2n) is 5.74. The third-order valence-corrected chi connectivity index (χ3v) is 3.70. The summed E-state index contributed by atoms with van der Waals surface area (Å²) in [6.07, 6.45) is 6.84. The molecule has 0 bridgehead atoms. The average Bonchev–Trinajstić information content (AvgIpc) is 2.44. The van der Waals surface area contributed by atoms with Crippen LogP contribution in [-0.2, 0) is 4.74 Å². The highest BCUT2D eigenvalue weighted by molar-refractivity contribution is 4.96. The molecule has 2 fully saturated rings. The van der Waals surface area contributed by atoms with Gasteiger partial charge in [-0.1, -0.05) is 19.3 Å². The van der Waals surface area contributed by atoms with Gasteiger partial charge in [0.05, 0.1) is 6.61 Å². The summed E-state index contributed by atoms with van der Waals surface area (Å²) in [6.45, 7) is 7.53. The van der Waals surface area contributed by atoms with Crippen LogP contribution in [0.2, 0.25) is 0 Å². The van der Waals surface area contributed by atoms with E-state index in [2.05, 4.69) is 26.1 Å². The summed E-state index contributed by atoms with van der Waals surface area (Å²) in [5, 5.41) is 3.65. The lowest BCUT2D eigenvalue weighted by atomic mass is 9.82. The van der Waals surface area contributed by atoms with Crippen LogP contribution in [0.4, 0.5) is 0 Å². The van der Waals surface area contributed by atoms with Crippen molar-refractivity contribution in [3.05, 3.63) is 0 Å². The number of nitrogens with one attached hydrogen (secondary N) is 1. The zero-order valence-electron chi connectivity index (χ0n) is 9.73. The molecule has 0 aromatic rings. The summed E-state index contributed by atoms with van der Waals surface area (Å²) in [4.78, 5) is 0. The minimum Gasteiger partial charge on any atom is -0.359 e. The molecule has 1 aliphatic heterocycles. The van der Waals surface area contributed by atoms with Crippen LogP contribution in [-0.4, -0.2) is 17.9 Å². The maximum atomic E-state index is 5.98. The van der Waals surface area contributed by atoms with Gasteiger partial charge in [0.25, 0.3) is 0 Å². The van der Waals surface area contributed by atoms with Crippen LogP contribution >= 0.6 is 0 Å². The standard InChI is InChI=1S/C12H23NO/c1-11(2)9-14-12(3,13-11)10-7-5-4-6-8-10/h10,13H,4-9H2,1-3H3. The van der Waals surface area contributed by atoms with Crippen molar-refractivity contribution in [2.24, 2.45) is 5.92 Å². The fourth-order valence-electron chi connectivity index (χ4n) is 2.95. The van der Waals surface area contributed by atoms with E-state index >= 15 is 0 Å². The molecule has 0 aromatic carbocycles. The number of hydrogen-bond donors (Lipinski definition) is 1. The van der Waals surface area contributed by atoms with Crippen molar-refractivity contribution in [3.63, 3.8) is 0 Å². The Morgan fingerprint density at radius 2 is 1.71 bits per heavy atom. The molecule has 0 spiro atoms. The number of ether oxygens (including phenoxy) is 1. The highest BCUT2D eigenvalue weighted by atomic mass is 16.5. The highest BCUT2D eigenvalue weighted by Gasteiger charge is 2.45. The molecule has 1 saturated carbocycles. The lowest BCUT2D eigenvalue weighted by Crippen LogP contribution is -2.51. The Balaban J connectivity index is 2.01. The van der Waals surface area contributed by atoms with Crippen LogP contribution in [0.1, 0.15) is 52.9 Å². The zero-order chi connectivity index (χ0) is 10.2.